The van der Waals surface area contributed by atoms with Crippen LogP contribution in [0.25, 0.3) is 11.0 Å². The van der Waals surface area contributed by atoms with Crippen LogP contribution in [0, 0.1) is 0 Å². The van der Waals surface area contributed by atoms with E-state index in [0.29, 0.717) is 28.2 Å². The number of hydrogen-bond donors (Lipinski definition) is 3. The molecule has 0 bridgehead atoms. The van der Waals surface area contributed by atoms with Gasteiger partial charge in [0.05, 0.1) is 35.3 Å². The van der Waals surface area contributed by atoms with Gasteiger partial charge in [-0.3, -0.25) is 4.79 Å². The number of para-hydroxylation sites is 2. The Morgan fingerprint density at radius 2 is 1.70 bits per heavy atom. The van der Waals surface area contributed by atoms with Gasteiger partial charge in [-0.1, -0.05) is 18.2 Å². The average Bonchev–Trinajstić information content (AvgIpc) is 2.83. The molecular formula is C26H27N5O5S. The number of nitrogens with one attached hydrogen (secondary N) is 2. The Labute approximate surface area is 214 Å². The van der Waals surface area contributed by atoms with Crippen LogP contribution < -0.4 is 15.4 Å². The van der Waals surface area contributed by atoms with Crippen LogP contribution in [-0.4, -0.2) is 62.0 Å². The Hall–Kier alpha value is -4.22. The first-order valence-corrected chi connectivity index (χ1v) is 13.0. The highest BCUT2D eigenvalue weighted by Crippen LogP contribution is 2.30. The summed E-state index contributed by atoms with van der Waals surface area (Å²) >= 11 is 0. The summed E-state index contributed by atoms with van der Waals surface area (Å²) in [5.41, 5.74) is 2.14. The molecule has 4 rings (SSSR count). The van der Waals surface area contributed by atoms with Gasteiger partial charge in [-0.05, 0) is 44.4 Å². The summed E-state index contributed by atoms with van der Waals surface area (Å²) in [7, 11) is 1.13. The Bertz CT molecular complexity index is 1560. The maximum atomic E-state index is 13.4. The van der Waals surface area contributed by atoms with E-state index in [-0.39, 0.29) is 34.6 Å². The number of fused-ring (bicyclic) bond motifs is 1. The van der Waals surface area contributed by atoms with Crippen molar-refractivity contribution >= 4 is 44.0 Å². The summed E-state index contributed by atoms with van der Waals surface area (Å²) in [6.07, 6.45) is 0. The number of benzene rings is 3. The van der Waals surface area contributed by atoms with Crippen LogP contribution in [0.5, 0.6) is 11.5 Å². The molecule has 1 aromatic heterocycles. The number of aromatic hydroxyl groups is 1. The molecule has 0 fully saturated rings. The molecule has 192 valence electrons. The highest BCUT2D eigenvalue weighted by Gasteiger charge is 2.21. The monoisotopic (exact) mass is 521 g/mol. The largest absolute Gasteiger partial charge is 0.508 e. The average molecular weight is 522 g/mol. The van der Waals surface area contributed by atoms with Gasteiger partial charge < -0.3 is 25.4 Å². The molecule has 37 heavy (non-hydrogen) atoms. The van der Waals surface area contributed by atoms with Gasteiger partial charge in [-0.2, -0.15) is 0 Å². The van der Waals surface area contributed by atoms with Gasteiger partial charge in [-0.25, -0.2) is 18.4 Å². The van der Waals surface area contributed by atoms with E-state index in [1.54, 1.807) is 55.4 Å². The second kappa shape index (κ2) is 10.8. The molecule has 11 heteroatoms. The highest BCUT2D eigenvalue weighted by atomic mass is 32.2. The van der Waals surface area contributed by atoms with E-state index >= 15 is 0 Å². The van der Waals surface area contributed by atoms with Crippen molar-refractivity contribution in [3.63, 3.8) is 0 Å². The smallest absolute Gasteiger partial charge is 0.238 e. The van der Waals surface area contributed by atoms with E-state index in [0.717, 1.165) is 0 Å². The molecule has 0 atom stereocenters. The number of aromatic nitrogens is 2. The number of anilines is 3. The lowest BCUT2D eigenvalue weighted by molar-refractivity contribution is -0.116. The van der Waals surface area contributed by atoms with Gasteiger partial charge in [0.15, 0.2) is 15.7 Å². The molecule has 10 nitrogen and oxygen atoms in total. The molecule has 0 aliphatic rings. The van der Waals surface area contributed by atoms with E-state index in [1.165, 1.54) is 31.4 Å². The number of ether oxygens (including phenoxy) is 1. The quantitative estimate of drug-likeness (QED) is 0.302. The summed E-state index contributed by atoms with van der Waals surface area (Å²) < 4.78 is 32.1. The number of hydrogen-bond acceptors (Lipinski definition) is 9. The van der Waals surface area contributed by atoms with E-state index in [4.69, 9.17) is 4.74 Å². The normalized spacial score (nSPS) is 11.5. The topological polar surface area (TPSA) is 134 Å². The summed E-state index contributed by atoms with van der Waals surface area (Å²) in [4.78, 5) is 23.1. The van der Waals surface area contributed by atoms with Crippen molar-refractivity contribution in [1.82, 2.24) is 14.9 Å². The van der Waals surface area contributed by atoms with Gasteiger partial charge in [0.2, 0.25) is 5.91 Å². The predicted molar refractivity (Wildman–Crippen MR) is 142 cm³/mol. The molecule has 0 saturated heterocycles. The van der Waals surface area contributed by atoms with Crippen molar-refractivity contribution in [2.45, 2.75) is 10.6 Å². The minimum absolute atomic E-state index is 0.0297. The molecule has 1 amide bonds. The zero-order chi connectivity index (χ0) is 26.6. The second-order valence-electron chi connectivity index (χ2n) is 8.63. The molecule has 3 aromatic carbocycles. The zero-order valence-electron chi connectivity index (χ0n) is 20.6. The first kappa shape index (κ1) is 25.9. The second-order valence-corrected chi connectivity index (χ2v) is 10.6. The number of carbonyl (C=O) groups excluding carboxylic acids is 1. The molecule has 0 spiro atoms. The third kappa shape index (κ3) is 6.51. The van der Waals surface area contributed by atoms with Gasteiger partial charge >= 0.3 is 0 Å². The van der Waals surface area contributed by atoms with Crippen LogP contribution in [0.2, 0.25) is 0 Å². The van der Waals surface area contributed by atoms with Gasteiger partial charge in [0.1, 0.15) is 17.3 Å². The van der Waals surface area contributed by atoms with E-state index in [2.05, 4.69) is 20.6 Å². The fraction of sp³-hybridized carbons (Fsp3) is 0.192. The Balaban J connectivity index is 1.69. The lowest BCUT2D eigenvalue weighted by Gasteiger charge is -2.14. The van der Waals surface area contributed by atoms with Crippen molar-refractivity contribution in [1.29, 1.82) is 0 Å². The number of sulfone groups is 1. The lowest BCUT2D eigenvalue weighted by Crippen LogP contribution is -2.27. The summed E-state index contributed by atoms with van der Waals surface area (Å²) in [6.45, 7) is 0.165. The predicted octanol–water partition coefficient (Wildman–Crippen LogP) is 3.56. The van der Waals surface area contributed by atoms with Crippen LogP contribution in [0.4, 0.5) is 17.2 Å². The number of phenols is 1. The van der Waals surface area contributed by atoms with Crippen molar-refractivity contribution < 1.29 is 23.1 Å². The molecular weight excluding hydrogens is 494 g/mol. The third-order valence-corrected chi connectivity index (χ3v) is 6.92. The summed E-state index contributed by atoms with van der Waals surface area (Å²) in [6, 6.07) is 17.8. The van der Waals surface area contributed by atoms with Gasteiger partial charge in [0.25, 0.3) is 0 Å². The van der Waals surface area contributed by atoms with Crippen LogP contribution >= 0.6 is 0 Å². The van der Waals surface area contributed by atoms with Crippen LogP contribution in [-0.2, 0) is 20.4 Å². The standard InChI is InChI=1S/C26H27N5O5S/c1-31(2)15-25(33)27-17-7-6-8-21(13-17)37(34,35)16-24-26(30-23-10-5-4-9-22(23)29-24)28-18-11-19(32)14-20(12-18)36-3/h4-14,32H,15-16H2,1-3H3,(H,27,33)(H,28,30). The Kier molecular flexibility index (Phi) is 7.55. The molecule has 0 radical (unpaired) electrons. The third-order valence-electron chi connectivity index (χ3n) is 5.30. The fourth-order valence-corrected chi connectivity index (χ4v) is 4.99. The summed E-state index contributed by atoms with van der Waals surface area (Å²) in [5.74, 6) is -0.0899. The zero-order valence-corrected chi connectivity index (χ0v) is 21.4. The molecule has 0 aliphatic carbocycles. The molecule has 3 N–H and O–H groups in total. The van der Waals surface area contributed by atoms with E-state index in [1.807, 2.05) is 6.07 Å². The summed E-state index contributed by atoms with van der Waals surface area (Å²) in [5, 5.41) is 15.8. The number of likely N-dealkylation sites (N-methyl/N-ethyl adjacent to an activating group) is 1. The number of amides is 1. The van der Waals surface area contributed by atoms with E-state index in [9.17, 15) is 18.3 Å². The molecule has 0 unspecified atom stereocenters. The van der Waals surface area contributed by atoms with Crippen LogP contribution in [0.15, 0.2) is 71.6 Å². The first-order valence-electron chi connectivity index (χ1n) is 11.3. The maximum absolute atomic E-state index is 13.4. The first-order chi connectivity index (χ1) is 17.6. The molecule has 0 saturated carbocycles. The van der Waals surface area contributed by atoms with Gasteiger partial charge in [-0.15, -0.1) is 0 Å². The number of carbonyl (C=O) groups is 1. The Morgan fingerprint density at radius 3 is 2.41 bits per heavy atom. The maximum Gasteiger partial charge on any atom is 0.238 e. The highest BCUT2D eigenvalue weighted by molar-refractivity contribution is 7.90. The van der Waals surface area contributed by atoms with Crippen LogP contribution in [0.3, 0.4) is 0 Å². The number of phenolic OH excluding ortho intramolecular Hbond substituents is 1. The minimum Gasteiger partial charge on any atom is -0.508 e. The van der Waals surface area contributed by atoms with Crippen LogP contribution in [0.1, 0.15) is 5.69 Å². The van der Waals surface area contributed by atoms with E-state index < -0.39 is 15.6 Å². The SMILES string of the molecule is COc1cc(O)cc(Nc2nc3ccccc3nc2CS(=O)(=O)c2cccc(NC(=O)CN(C)C)c2)c1. The molecule has 1 heterocycles. The number of nitrogens with zero attached hydrogens (tertiary/aromatic N) is 3. The van der Waals surface area contributed by atoms with Crippen molar-refractivity contribution in [2.75, 3.05) is 38.4 Å². The van der Waals surface area contributed by atoms with Crippen molar-refractivity contribution in [3.05, 3.63) is 72.4 Å². The molecule has 4 aromatic rings. The Morgan fingerprint density at radius 1 is 0.973 bits per heavy atom. The lowest BCUT2D eigenvalue weighted by atomic mass is 10.2. The van der Waals surface area contributed by atoms with Gasteiger partial charge in [0, 0.05) is 29.6 Å². The van der Waals surface area contributed by atoms with Crippen molar-refractivity contribution in [3.8, 4) is 11.5 Å². The number of rotatable bonds is 9. The van der Waals surface area contributed by atoms with Crippen molar-refractivity contribution in [2.24, 2.45) is 0 Å². The number of methoxy groups -OCH3 is 1. The molecule has 0 aliphatic heterocycles. The fourth-order valence-electron chi connectivity index (χ4n) is 3.67. The minimum atomic E-state index is -3.88.